The maximum Gasteiger partial charge on any atom is 0.259 e. The summed E-state index contributed by atoms with van der Waals surface area (Å²) >= 11 is 0. The molecule has 0 unspecified atom stereocenters. The third-order valence-electron chi connectivity index (χ3n) is 4.47. The van der Waals surface area contributed by atoms with E-state index in [9.17, 15) is 9.59 Å². The molecule has 6 nitrogen and oxygen atoms in total. The Morgan fingerprint density at radius 1 is 1.08 bits per heavy atom. The van der Waals surface area contributed by atoms with Crippen LogP contribution in [0.5, 0.6) is 0 Å². The predicted molar refractivity (Wildman–Crippen MR) is 103 cm³/mol. The van der Waals surface area contributed by atoms with E-state index in [1.165, 1.54) is 6.42 Å². The predicted octanol–water partition coefficient (Wildman–Crippen LogP) is 3.03. The minimum Gasteiger partial charge on any atom is -0.362 e. The van der Waals surface area contributed by atoms with Crippen molar-refractivity contribution in [2.75, 3.05) is 37.4 Å². The van der Waals surface area contributed by atoms with Gasteiger partial charge in [0.15, 0.2) is 0 Å². The lowest BCUT2D eigenvalue weighted by molar-refractivity contribution is 0.0724. The summed E-state index contributed by atoms with van der Waals surface area (Å²) in [4.78, 5) is 33.2. The first-order chi connectivity index (χ1) is 12.6. The molecule has 0 bridgehead atoms. The fourth-order valence-electron chi connectivity index (χ4n) is 3.14. The van der Waals surface area contributed by atoms with Gasteiger partial charge in [-0.3, -0.25) is 9.59 Å². The number of anilines is 2. The van der Waals surface area contributed by atoms with Crippen LogP contribution in [0.25, 0.3) is 0 Å². The number of rotatable bonds is 4. The maximum atomic E-state index is 12.6. The number of piperidine rings is 1. The molecule has 1 N–H and O–H groups in total. The number of nitrogens with zero attached hydrogens (tertiary/aromatic N) is 3. The number of aromatic nitrogens is 1. The Hall–Kier alpha value is -2.89. The van der Waals surface area contributed by atoms with Crippen LogP contribution in [0, 0.1) is 0 Å². The summed E-state index contributed by atoms with van der Waals surface area (Å²) < 4.78 is 0. The van der Waals surface area contributed by atoms with E-state index in [1.54, 1.807) is 47.5 Å². The number of hydrogen-bond donors (Lipinski definition) is 1. The molecule has 3 rings (SSSR count). The first-order valence-corrected chi connectivity index (χ1v) is 8.89. The van der Waals surface area contributed by atoms with E-state index in [0.717, 1.165) is 25.9 Å². The van der Waals surface area contributed by atoms with E-state index in [2.05, 4.69) is 10.3 Å². The van der Waals surface area contributed by atoms with Crippen LogP contribution in [0.15, 0.2) is 42.6 Å². The van der Waals surface area contributed by atoms with Gasteiger partial charge in [-0.1, -0.05) is 6.07 Å². The van der Waals surface area contributed by atoms with Crippen molar-refractivity contribution >= 4 is 23.3 Å². The van der Waals surface area contributed by atoms with E-state index in [1.807, 2.05) is 19.0 Å². The molecule has 0 spiro atoms. The van der Waals surface area contributed by atoms with Crippen LogP contribution in [0.2, 0.25) is 0 Å². The fourth-order valence-corrected chi connectivity index (χ4v) is 3.14. The van der Waals surface area contributed by atoms with Gasteiger partial charge in [-0.2, -0.15) is 0 Å². The minimum atomic E-state index is -0.246. The van der Waals surface area contributed by atoms with Crippen LogP contribution in [0.3, 0.4) is 0 Å². The van der Waals surface area contributed by atoms with Gasteiger partial charge in [-0.05, 0) is 49.6 Å². The molecule has 1 saturated heterocycles. The Labute approximate surface area is 153 Å². The van der Waals surface area contributed by atoms with Crippen LogP contribution in [0.1, 0.15) is 40.0 Å². The van der Waals surface area contributed by atoms with E-state index >= 15 is 0 Å². The van der Waals surface area contributed by atoms with Crippen molar-refractivity contribution in [3.8, 4) is 0 Å². The zero-order chi connectivity index (χ0) is 18.5. The standard InChI is InChI=1S/C20H24N4O2/c1-23(2)18-17(10-7-11-21-18)19(25)22-16-9-6-8-15(14-16)20(26)24-12-4-3-5-13-24/h6-11,14H,3-5,12-13H2,1-2H3,(H,22,25). The molecule has 0 radical (unpaired) electrons. The Balaban J connectivity index is 1.76. The largest absolute Gasteiger partial charge is 0.362 e. The lowest BCUT2D eigenvalue weighted by atomic mass is 10.1. The van der Waals surface area contributed by atoms with Gasteiger partial charge in [0.05, 0.1) is 5.56 Å². The van der Waals surface area contributed by atoms with Crippen molar-refractivity contribution < 1.29 is 9.59 Å². The molecular formula is C20H24N4O2. The summed E-state index contributed by atoms with van der Waals surface area (Å²) in [6.45, 7) is 1.61. The van der Waals surface area contributed by atoms with Crippen molar-refractivity contribution in [2.45, 2.75) is 19.3 Å². The summed E-state index contributed by atoms with van der Waals surface area (Å²) in [6.07, 6.45) is 4.94. The highest BCUT2D eigenvalue weighted by molar-refractivity contribution is 6.08. The van der Waals surface area contributed by atoms with Gasteiger partial charge in [-0.25, -0.2) is 4.98 Å². The van der Waals surface area contributed by atoms with E-state index in [0.29, 0.717) is 22.6 Å². The average molecular weight is 352 g/mol. The van der Waals surface area contributed by atoms with E-state index < -0.39 is 0 Å². The molecule has 1 aromatic heterocycles. The monoisotopic (exact) mass is 352 g/mol. The average Bonchev–Trinajstić information content (AvgIpc) is 2.68. The summed E-state index contributed by atoms with van der Waals surface area (Å²) in [7, 11) is 3.69. The third kappa shape index (κ3) is 4.02. The molecule has 0 saturated carbocycles. The smallest absolute Gasteiger partial charge is 0.259 e. The first-order valence-electron chi connectivity index (χ1n) is 8.89. The molecule has 26 heavy (non-hydrogen) atoms. The molecule has 1 aromatic carbocycles. The van der Waals surface area contributed by atoms with Crippen LogP contribution in [-0.4, -0.2) is 48.9 Å². The zero-order valence-corrected chi connectivity index (χ0v) is 15.2. The lowest BCUT2D eigenvalue weighted by Crippen LogP contribution is -2.35. The number of amides is 2. The van der Waals surface area contributed by atoms with Crippen molar-refractivity contribution in [2.24, 2.45) is 0 Å². The third-order valence-corrected chi connectivity index (χ3v) is 4.47. The number of nitrogens with one attached hydrogen (secondary N) is 1. The van der Waals surface area contributed by atoms with Crippen molar-refractivity contribution in [1.82, 2.24) is 9.88 Å². The van der Waals surface area contributed by atoms with Gasteiger partial charge in [-0.15, -0.1) is 0 Å². The number of benzene rings is 1. The summed E-state index contributed by atoms with van der Waals surface area (Å²) in [5.41, 5.74) is 1.69. The minimum absolute atomic E-state index is 0.0242. The molecule has 2 aromatic rings. The summed E-state index contributed by atoms with van der Waals surface area (Å²) in [6, 6.07) is 10.6. The van der Waals surface area contributed by atoms with Gasteiger partial charge in [0, 0.05) is 44.6 Å². The number of pyridine rings is 1. The number of likely N-dealkylation sites (tertiary alicyclic amines) is 1. The molecule has 1 aliphatic heterocycles. The second-order valence-corrected chi connectivity index (χ2v) is 6.66. The van der Waals surface area contributed by atoms with Gasteiger partial charge in [0.2, 0.25) is 0 Å². The SMILES string of the molecule is CN(C)c1ncccc1C(=O)Nc1cccc(C(=O)N2CCCCC2)c1. The molecule has 0 aliphatic carbocycles. The van der Waals surface area contributed by atoms with Crippen LogP contribution in [0.4, 0.5) is 11.5 Å². The van der Waals surface area contributed by atoms with Crippen LogP contribution < -0.4 is 10.2 Å². The Morgan fingerprint density at radius 3 is 2.58 bits per heavy atom. The number of hydrogen-bond acceptors (Lipinski definition) is 4. The highest BCUT2D eigenvalue weighted by atomic mass is 16.2. The van der Waals surface area contributed by atoms with Crippen molar-refractivity contribution in [3.63, 3.8) is 0 Å². The van der Waals surface area contributed by atoms with E-state index in [-0.39, 0.29) is 11.8 Å². The molecule has 0 atom stereocenters. The fraction of sp³-hybridized carbons (Fsp3) is 0.350. The molecule has 1 aliphatic rings. The second kappa shape index (κ2) is 7.99. The Bertz CT molecular complexity index is 798. The molecule has 1 fully saturated rings. The quantitative estimate of drug-likeness (QED) is 0.919. The molecular weight excluding hydrogens is 328 g/mol. The van der Waals surface area contributed by atoms with Crippen LogP contribution >= 0.6 is 0 Å². The Morgan fingerprint density at radius 2 is 1.85 bits per heavy atom. The van der Waals surface area contributed by atoms with Gasteiger partial charge >= 0.3 is 0 Å². The molecule has 136 valence electrons. The summed E-state index contributed by atoms with van der Waals surface area (Å²) in [5, 5.41) is 2.88. The van der Waals surface area contributed by atoms with Crippen LogP contribution in [-0.2, 0) is 0 Å². The van der Waals surface area contributed by atoms with Crippen molar-refractivity contribution in [1.29, 1.82) is 0 Å². The topological polar surface area (TPSA) is 65.5 Å². The highest BCUT2D eigenvalue weighted by Gasteiger charge is 2.19. The normalized spacial score (nSPS) is 14.0. The summed E-state index contributed by atoms with van der Waals surface area (Å²) in [5.74, 6) is 0.381. The zero-order valence-electron chi connectivity index (χ0n) is 15.2. The highest BCUT2D eigenvalue weighted by Crippen LogP contribution is 2.19. The van der Waals surface area contributed by atoms with E-state index in [4.69, 9.17) is 0 Å². The number of carbonyl (C=O) groups is 2. The van der Waals surface area contributed by atoms with Gasteiger partial charge in [0.1, 0.15) is 5.82 Å². The maximum absolute atomic E-state index is 12.6. The second-order valence-electron chi connectivity index (χ2n) is 6.66. The molecule has 2 heterocycles. The van der Waals surface area contributed by atoms with Crippen molar-refractivity contribution in [3.05, 3.63) is 53.7 Å². The molecule has 2 amide bonds. The molecule has 6 heteroatoms. The lowest BCUT2D eigenvalue weighted by Gasteiger charge is -2.26. The Kier molecular flexibility index (Phi) is 5.51. The first kappa shape index (κ1) is 17.9. The van der Waals surface area contributed by atoms with Gasteiger partial charge in [0.25, 0.3) is 11.8 Å². The number of carbonyl (C=O) groups excluding carboxylic acids is 2. The van der Waals surface area contributed by atoms with Gasteiger partial charge < -0.3 is 15.1 Å².